The van der Waals surface area contributed by atoms with E-state index in [1.54, 1.807) is 32.4 Å². The molecule has 1 aromatic heterocycles. The van der Waals surface area contributed by atoms with E-state index in [0.717, 1.165) is 26.9 Å². The van der Waals surface area contributed by atoms with Crippen LogP contribution in [0.1, 0.15) is 61.2 Å². The van der Waals surface area contributed by atoms with Crippen LogP contribution in [0, 0.1) is 0 Å². The molecular formula is C34H35BrN4O3. The molecule has 7 nitrogen and oxygen atoms in total. The molecule has 3 aromatic carbocycles. The van der Waals surface area contributed by atoms with Gasteiger partial charge in [0.05, 0.1) is 16.9 Å². The summed E-state index contributed by atoms with van der Waals surface area (Å²) in [6.07, 6.45) is 4.12. The van der Waals surface area contributed by atoms with E-state index >= 15 is 0 Å². The van der Waals surface area contributed by atoms with Crippen molar-refractivity contribution >= 4 is 44.8 Å². The van der Waals surface area contributed by atoms with Gasteiger partial charge in [-0.3, -0.25) is 14.6 Å². The van der Waals surface area contributed by atoms with Crippen LogP contribution in [-0.4, -0.2) is 29.4 Å². The summed E-state index contributed by atoms with van der Waals surface area (Å²) >= 11 is 3.49. The van der Waals surface area contributed by atoms with Crippen LogP contribution in [0.3, 0.4) is 0 Å². The number of ether oxygens (including phenoxy) is 1. The molecule has 0 fully saturated rings. The Hall–Kier alpha value is -4.17. The van der Waals surface area contributed by atoms with Gasteiger partial charge in [0.2, 0.25) is 5.91 Å². The van der Waals surface area contributed by atoms with E-state index in [1.165, 1.54) is 0 Å². The number of carbonyl (C=O) groups excluding carboxylic acids is 2. The van der Waals surface area contributed by atoms with E-state index < -0.39 is 11.0 Å². The quantitative estimate of drug-likeness (QED) is 0.221. The monoisotopic (exact) mass is 626 g/mol. The second kappa shape index (κ2) is 11.6. The number of nitrogens with zero attached hydrogens (tertiary/aromatic N) is 2. The summed E-state index contributed by atoms with van der Waals surface area (Å²) in [4.78, 5) is 32.9. The molecule has 2 N–H and O–H groups in total. The number of rotatable bonds is 7. The summed E-state index contributed by atoms with van der Waals surface area (Å²) in [5, 5.41) is 6.23. The molecule has 1 atom stereocenters. The molecule has 0 aliphatic carbocycles. The maximum absolute atomic E-state index is 13.7. The maximum atomic E-state index is 13.7. The van der Waals surface area contributed by atoms with Crippen LogP contribution in [0.5, 0.6) is 5.75 Å². The van der Waals surface area contributed by atoms with E-state index in [-0.39, 0.29) is 18.4 Å². The van der Waals surface area contributed by atoms with Gasteiger partial charge < -0.3 is 20.3 Å². The Morgan fingerprint density at radius 3 is 2.36 bits per heavy atom. The molecule has 1 aliphatic heterocycles. The largest absolute Gasteiger partial charge is 0.487 e. The zero-order chi connectivity index (χ0) is 30.1. The average Bonchev–Trinajstić information content (AvgIpc) is 2.96. The minimum Gasteiger partial charge on any atom is -0.487 e. The van der Waals surface area contributed by atoms with Crippen LogP contribution < -0.4 is 20.3 Å². The highest BCUT2D eigenvalue weighted by atomic mass is 79.9. The van der Waals surface area contributed by atoms with E-state index in [4.69, 9.17) is 4.74 Å². The fourth-order valence-electron chi connectivity index (χ4n) is 6.19. The third kappa shape index (κ3) is 5.63. The molecule has 0 spiro atoms. The number of carbonyl (C=O) groups is 2. The van der Waals surface area contributed by atoms with Gasteiger partial charge in [0.25, 0.3) is 5.91 Å². The number of hydrogen-bond acceptors (Lipinski definition) is 5. The maximum Gasteiger partial charge on any atom is 0.257 e. The summed E-state index contributed by atoms with van der Waals surface area (Å²) in [5.74, 6) is 0.135. The Morgan fingerprint density at radius 1 is 0.976 bits per heavy atom. The molecule has 2 amide bonds. The topological polar surface area (TPSA) is 83.6 Å². The first-order chi connectivity index (χ1) is 20.0. The molecule has 0 saturated carbocycles. The lowest BCUT2D eigenvalue weighted by Gasteiger charge is -2.51. The Bertz CT molecular complexity index is 1630. The summed E-state index contributed by atoms with van der Waals surface area (Å²) in [7, 11) is 1.78. The van der Waals surface area contributed by atoms with Crippen molar-refractivity contribution in [1.82, 2.24) is 4.98 Å². The first-order valence-electron chi connectivity index (χ1n) is 13.9. The number of amides is 2. The third-order valence-electron chi connectivity index (χ3n) is 7.94. The number of hydrogen-bond donors (Lipinski definition) is 2. The Labute approximate surface area is 255 Å². The molecule has 8 heteroatoms. The van der Waals surface area contributed by atoms with Crippen LogP contribution in [0.4, 0.5) is 17.1 Å². The number of anilines is 3. The van der Waals surface area contributed by atoms with Crippen LogP contribution in [0.15, 0.2) is 89.7 Å². The van der Waals surface area contributed by atoms with Crippen molar-refractivity contribution in [3.63, 3.8) is 0 Å². The second-order valence-electron chi connectivity index (χ2n) is 11.4. The van der Waals surface area contributed by atoms with E-state index in [9.17, 15) is 9.59 Å². The van der Waals surface area contributed by atoms with E-state index in [2.05, 4.69) is 64.5 Å². The SMILES string of the molecule is CNc1ccc(Br)cc1C(=O)Nc1cc2c(cc1OCc1ccncc1)N(C(C)=O)C(C)(C)CC2(C)c1ccccc1. The lowest BCUT2D eigenvalue weighted by atomic mass is 9.65. The predicted octanol–water partition coefficient (Wildman–Crippen LogP) is 7.56. The molecule has 1 aliphatic rings. The predicted molar refractivity (Wildman–Crippen MR) is 171 cm³/mol. The van der Waals surface area contributed by atoms with Gasteiger partial charge in [0.1, 0.15) is 12.4 Å². The number of aromatic nitrogens is 1. The highest BCUT2D eigenvalue weighted by molar-refractivity contribution is 9.10. The van der Waals surface area contributed by atoms with Crippen molar-refractivity contribution < 1.29 is 14.3 Å². The van der Waals surface area contributed by atoms with Crippen LogP contribution in [0.2, 0.25) is 0 Å². The first kappa shape index (κ1) is 29.3. The van der Waals surface area contributed by atoms with Crippen molar-refractivity contribution in [2.45, 2.75) is 51.7 Å². The van der Waals surface area contributed by atoms with Crippen molar-refractivity contribution in [3.8, 4) is 5.75 Å². The first-order valence-corrected chi connectivity index (χ1v) is 14.7. The summed E-state index contributed by atoms with van der Waals surface area (Å²) in [6, 6.07) is 23.5. The van der Waals surface area contributed by atoms with Gasteiger partial charge in [0.15, 0.2) is 0 Å². The van der Waals surface area contributed by atoms with Crippen LogP contribution in [-0.2, 0) is 16.8 Å². The van der Waals surface area contributed by atoms with Crippen LogP contribution >= 0.6 is 15.9 Å². The number of halogens is 1. The summed E-state index contributed by atoms with van der Waals surface area (Å²) < 4.78 is 7.16. The van der Waals surface area contributed by atoms with Gasteiger partial charge in [-0.15, -0.1) is 0 Å². The van der Waals surface area contributed by atoms with Gasteiger partial charge in [-0.25, -0.2) is 0 Å². The molecule has 216 valence electrons. The van der Waals surface area contributed by atoms with Gasteiger partial charge >= 0.3 is 0 Å². The highest BCUT2D eigenvalue weighted by Gasteiger charge is 2.47. The minimum atomic E-state index is -0.478. The smallest absolute Gasteiger partial charge is 0.257 e. The number of pyridine rings is 1. The van der Waals surface area contributed by atoms with Crippen molar-refractivity contribution in [3.05, 3.63) is 112 Å². The molecular weight excluding hydrogens is 592 g/mol. The second-order valence-corrected chi connectivity index (χ2v) is 12.4. The summed E-state index contributed by atoms with van der Waals surface area (Å²) in [6.45, 7) is 8.26. The molecule has 1 unspecified atom stereocenters. The molecule has 0 bridgehead atoms. The Kier molecular flexibility index (Phi) is 8.10. The zero-order valence-corrected chi connectivity index (χ0v) is 26.1. The number of benzene rings is 3. The van der Waals surface area contributed by atoms with Crippen molar-refractivity contribution in [2.24, 2.45) is 0 Å². The van der Waals surface area contributed by atoms with Crippen LogP contribution in [0.25, 0.3) is 0 Å². The average molecular weight is 628 g/mol. The zero-order valence-electron chi connectivity index (χ0n) is 24.5. The van der Waals surface area contributed by atoms with Gasteiger partial charge in [-0.1, -0.05) is 53.2 Å². The lowest BCUT2D eigenvalue weighted by Crippen LogP contribution is -2.55. The normalized spacial score (nSPS) is 17.2. The van der Waals surface area contributed by atoms with E-state index in [0.29, 0.717) is 29.1 Å². The van der Waals surface area contributed by atoms with Gasteiger partial charge in [-0.05, 0) is 73.4 Å². The fourth-order valence-corrected chi connectivity index (χ4v) is 6.55. The Balaban J connectivity index is 1.69. The van der Waals surface area contributed by atoms with E-state index in [1.807, 2.05) is 59.5 Å². The molecule has 42 heavy (non-hydrogen) atoms. The molecule has 0 radical (unpaired) electrons. The lowest BCUT2D eigenvalue weighted by molar-refractivity contribution is -0.117. The molecule has 0 saturated heterocycles. The minimum absolute atomic E-state index is 0.0546. The number of nitrogens with one attached hydrogen (secondary N) is 2. The molecule has 5 rings (SSSR count). The van der Waals surface area contributed by atoms with Crippen molar-refractivity contribution in [2.75, 3.05) is 22.6 Å². The summed E-state index contributed by atoms with van der Waals surface area (Å²) in [5.41, 5.74) is 4.57. The highest BCUT2D eigenvalue weighted by Crippen LogP contribution is 2.53. The fraction of sp³-hybridized carbons (Fsp3) is 0.265. The molecule has 2 heterocycles. The third-order valence-corrected chi connectivity index (χ3v) is 8.43. The number of fused-ring (bicyclic) bond motifs is 1. The molecule has 4 aromatic rings. The van der Waals surface area contributed by atoms with Gasteiger partial charge in [0, 0.05) is 53.5 Å². The van der Waals surface area contributed by atoms with Gasteiger partial charge in [-0.2, -0.15) is 0 Å². The Morgan fingerprint density at radius 2 is 1.69 bits per heavy atom. The standard InChI is InChI=1S/C34H35BrN4O3/c1-22(40)39-30-19-31(42-20-23-13-15-37-16-14-23)29(38-32(41)26-17-25(35)11-12-28(26)36-5)18-27(30)34(4,21-33(39,2)3)24-9-7-6-8-10-24/h6-19,36H,20-21H2,1-5H3,(H,38,41). The van der Waals surface area contributed by atoms with Crippen molar-refractivity contribution in [1.29, 1.82) is 0 Å².